The second-order valence-corrected chi connectivity index (χ2v) is 3.50. The number of aromatic nitrogens is 1. The molecule has 0 aliphatic heterocycles. The topological polar surface area (TPSA) is 31.2 Å². The minimum atomic E-state index is -0.0276. The molecule has 0 radical (unpaired) electrons. The first-order valence-corrected chi connectivity index (χ1v) is 5.00. The second-order valence-electron chi connectivity index (χ2n) is 3.50. The van der Waals surface area contributed by atoms with Crippen LogP contribution < -0.4 is 5.56 Å². The minimum Gasteiger partial charge on any atom is -0.372 e. The Morgan fingerprint density at radius 2 is 2.44 bits per heavy atom. The van der Waals surface area contributed by atoms with Crippen molar-refractivity contribution in [1.82, 2.24) is 4.57 Å². The van der Waals surface area contributed by atoms with E-state index in [-0.39, 0.29) is 5.56 Å². The van der Waals surface area contributed by atoms with Gasteiger partial charge in [0.05, 0.1) is 13.2 Å². The normalized spacial score (nSPS) is 11.2. The zero-order chi connectivity index (χ0) is 12.0. The maximum atomic E-state index is 11.6. The zero-order valence-corrected chi connectivity index (χ0v) is 9.56. The minimum absolute atomic E-state index is 0.0276. The molecule has 0 atom stereocenters. The molecule has 0 N–H and O–H groups in total. The Morgan fingerprint density at radius 1 is 1.69 bits per heavy atom. The van der Waals surface area contributed by atoms with Crippen LogP contribution in [0.2, 0.25) is 0 Å². The van der Waals surface area contributed by atoms with Crippen LogP contribution in [0.1, 0.15) is 12.5 Å². The van der Waals surface area contributed by atoms with Gasteiger partial charge in [0.25, 0.3) is 5.56 Å². The highest BCUT2D eigenvalue weighted by Gasteiger charge is 1.99. The van der Waals surface area contributed by atoms with Crippen LogP contribution in [0.15, 0.2) is 34.8 Å². The Bertz CT molecular complexity index is 477. The highest BCUT2D eigenvalue weighted by atomic mass is 16.5. The van der Waals surface area contributed by atoms with E-state index < -0.39 is 0 Å². The summed E-state index contributed by atoms with van der Waals surface area (Å²) >= 11 is 0. The summed E-state index contributed by atoms with van der Waals surface area (Å²) in [7, 11) is 1.72. The van der Waals surface area contributed by atoms with E-state index in [1.54, 1.807) is 19.3 Å². The largest absolute Gasteiger partial charge is 0.372 e. The van der Waals surface area contributed by atoms with Gasteiger partial charge in [-0.1, -0.05) is 5.92 Å². The second kappa shape index (κ2) is 5.94. The molecule has 3 nitrogen and oxygen atoms in total. The van der Waals surface area contributed by atoms with E-state index in [0.717, 1.165) is 5.57 Å². The van der Waals surface area contributed by atoms with Gasteiger partial charge in [0, 0.05) is 18.8 Å². The summed E-state index contributed by atoms with van der Waals surface area (Å²) in [5, 5.41) is 0. The molecule has 16 heavy (non-hydrogen) atoms. The highest BCUT2D eigenvalue weighted by Crippen LogP contribution is 1.95. The van der Waals surface area contributed by atoms with E-state index in [9.17, 15) is 4.79 Å². The zero-order valence-electron chi connectivity index (χ0n) is 9.56. The van der Waals surface area contributed by atoms with Gasteiger partial charge in [-0.05, 0) is 30.7 Å². The van der Waals surface area contributed by atoms with Crippen LogP contribution in [0.4, 0.5) is 0 Å². The maximum Gasteiger partial charge on any atom is 0.255 e. The van der Waals surface area contributed by atoms with Crippen molar-refractivity contribution < 1.29 is 4.74 Å². The summed E-state index contributed by atoms with van der Waals surface area (Å²) in [4.78, 5) is 11.6. The number of hydrogen-bond donors (Lipinski definition) is 0. The molecule has 1 heterocycles. The van der Waals surface area contributed by atoms with E-state index in [4.69, 9.17) is 11.2 Å². The Labute approximate surface area is 95.4 Å². The van der Waals surface area contributed by atoms with Crippen molar-refractivity contribution in [3.63, 3.8) is 0 Å². The first-order chi connectivity index (χ1) is 7.65. The molecule has 0 saturated carbocycles. The van der Waals surface area contributed by atoms with E-state index in [1.807, 2.05) is 19.1 Å². The van der Waals surface area contributed by atoms with Gasteiger partial charge in [-0.2, -0.15) is 0 Å². The number of rotatable bonds is 4. The Balaban J connectivity index is 2.54. The lowest BCUT2D eigenvalue weighted by molar-refractivity contribution is 0.147. The van der Waals surface area contributed by atoms with E-state index in [2.05, 4.69) is 5.92 Å². The number of terminal acetylenes is 1. The Morgan fingerprint density at radius 3 is 3.12 bits per heavy atom. The van der Waals surface area contributed by atoms with Gasteiger partial charge in [0.2, 0.25) is 0 Å². The fourth-order valence-electron chi connectivity index (χ4n) is 1.18. The van der Waals surface area contributed by atoms with Crippen molar-refractivity contribution >= 4 is 0 Å². The molecule has 0 amide bonds. The molecule has 0 spiro atoms. The van der Waals surface area contributed by atoms with E-state index in [0.29, 0.717) is 18.8 Å². The number of hydrogen-bond acceptors (Lipinski definition) is 2. The summed E-state index contributed by atoms with van der Waals surface area (Å²) in [6.07, 6.45) is 8.71. The van der Waals surface area contributed by atoms with Crippen molar-refractivity contribution in [1.29, 1.82) is 0 Å². The van der Waals surface area contributed by atoms with Crippen LogP contribution in [0.5, 0.6) is 0 Å². The molecule has 3 heteroatoms. The van der Waals surface area contributed by atoms with Crippen LogP contribution >= 0.6 is 0 Å². The Hall–Kier alpha value is -1.79. The third-order valence-corrected chi connectivity index (χ3v) is 2.19. The fourth-order valence-corrected chi connectivity index (χ4v) is 1.18. The lowest BCUT2D eigenvalue weighted by Gasteiger charge is -2.03. The quantitative estimate of drug-likeness (QED) is 0.565. The molecule has 0 saturated heterocycles. The molecule has 1 aromatic heterocycles. The lowest BCUT2D eigenvalue weighted by atomic mass is 10.3. The maximum absolute atomic E-state index is 11.6. The summed E-state index contributed by atoms with van der Waals surface area (Å²) in [6, 6.07) is 3.59. The van der Waals surface area contributed by atoms with Gasteiger partial charge in [-0.25, -0.2) is 0 Å². The first kappa shape index (κ1) is 12.3. The highest BCUT2D eigenvalue weighted by molar-refractivity contribution is 5.22. The molecule has 0 aliphatic rings. The van der Waals surface area contributed by atoms with Crippen LogP contribution in [0.25, 0.3) is 0 Å². The lowest BCUT2D eigenvalue weighted by Crippen LogP contribution is -2.20. The predicted molar refractivity (Wildman–Crippen MR) is 63.9 cm³/mol. The van der Waals surface area contributed by atoms with Gasteiger partial charge >= 0.3 is 0 Å². The predicted octanol–water partition coefficient (Wildman–Crippen LogP) is 1.48. The van der Waals surface area contributed by atoms with Crippen molar-refractivity contribution in [2.75, 3.05) is 6.61 Å². The van der Waals surface area contributed by atoms with Gasteiger partial charge < -0.3 is 9.30 Å². The average molecular weight is 217 g/mol. The van der Waals surface area contributed by atoms with Crippen LogP contribution in [-0.4, -0.2) is 11.2 Å². The summed E-state index contributed by atoms with van der Waals surface area (Å²) in [5.41, 5.74) is 1.46. The summed E-state index contributed by atoms with van der Waals surface area (Å²) < 4.78 is 6.87. The van der Waals surface area contributed by atoms with Gasteiger partial charge in [0.15, 0.2) is 0 Å². The van der Waals surface area contributed by atoms with Crippen molar-refractivity contribution in [2.45, 2.75) is 13.5 Å². The molecular formula is C13H15NO2. The summed E-state index contributed by atoms with van der Waals surface area (Å²) in [6.45, 7) is 2.57. The number of ether oxygens (including phenoxy) is 1. The van der Waals surface area contributed by atoms with Crippen LogP contribution in [0, 0.1) is 12.3 Å². The third-order valence-electron chi connectivity index (χ3n) is 2.19. The monoisotopic (exact) mass is 217 g/mol. The molecular weight excluding hydrogens is 202 g/mol. The number of allylic oxidation sites excluding steroid dienone is 1. The molecule has 0 bridgehead atoms. The van der Waals surface area contributed by atoms with Gasteiger partial charge in [0.1, 0.15) is 0 Å². The molecule has 0 aliphatic carbocycles. The molecule has 0 unspecified atom stereocenters. The molecule has 1 rings (SSSR count). The first-order valence-electron chi connectivity index (χ1n) is 5.00. The fraction of sp³-hybridized carbons (Fsp3) is 0.308. The molecule has 0 aromatic carbocycles. The van der Waals surface area contributed by atoms with Crippen molar-refractivity contribution in [3.8, 4) is 12.3 Å². The van der Waals surface area contributed by atoms with Crippen LogP contribution in [0.3, 0.4) is 0 Å². The Kier molecular flexibility index (Phi) is 4.56. The van der Waals surface area contributed by atoms with Gasteiger partial charge in [-0.15, -0.1) is 6.42 Å². The molecule has 84 valence electrons. The molecule has 0 fully saturated rings. The van der Waals surface area contributed by atoms with Crippen molar-refractivity contribution in [2.24, 2.45) is 7.05 Å². The van der Waals surface area contributed by atoms with Crippen LogP contribution in [-0.2, 0) is 18.4 Å². The average Bonchev–Trinajstić information content (AvgIpc) is 2.29. The van der Waals surface area contributed by atoms with E-state index in [1.165, 1.54) is 4.57 Å². The standard InChI is InChI=1S/C13H15NO2/c1-4-11(2)7-9-16-10-12-6-5-8-14(3)13(12)15/h1,5-8H,9-10H2,2-3H3/b11-7+. The summed E-state index contributed by atoms with van der Waals surface area (Å²) in [5.74, 6) is 2.50. The number of nitrogens with zero attached hydrogens (tertiary/aromatic N) is 1. The number of aryl methyl sites for hydroxylation is 1. The third kappa shape index (κ3) is 3.41. The smallest absolute Gasteiger partial charge is 0.255 e. The molecule has 1 aromatic rings. The SMILES string of the molecule is C#C/C(C)=C/COCc1cccn(C)c1=O. The van der Waals surface area contributed by atoms with Gasteiger partial charge in [-0.3, -0.25) is 4.79 Å². The van der Waals surface area contributed by atoms with Crippen molar-refractivity contribution in [3.05, 3.63) is 45.9 Å². The van der Waals surface area contributed by atoms with E-state index >= 15 is 0 Å². The number of pyridine rings is 1.